The van der Waals surface area contributed by atoms with E-state index in [-0.39, 0.29) is 0 Å². The monoisotopic (exact) mass is 568 g/mol. The van der Waals surface area contributed by atoms with Crippen molar-refractivity contribution in [2.24, 2.45) is 0 Å². The molecule has 3 aromatic heterocycles. The van der Waals surface area contributed by atoms with Crippen LogP contribution in [-0.4, -0.2) is 19.5 Å². The molecule has 0 saturated carbocycles. The summed E-state index contributed by atoms with van der Waals surface area (Å²) in [5, 5.41) is 1.34. The van der Waals surface area contributed by atoms with Crippen LogP contribution in [0.3, 0.4) is 0 Å². The van der Waals surface area contributed by atoms with Crippen LogP contribution in [0.25, 0.3) is 61.6 Å². The van der Waals surface area contributed by atoms with Crippen molar-refractivity contribution in [3.05, 3.63) is 145 Å². The van der Waals surface area contributed by atoms with Gasteiger partial charge in [0.25, 0.3) is 0 Å². The summed E-state index contributed by atoms with van der Waals surface area (Å²) in [4.78, 5) is 14.6. The predicted octanol–water partition coefficient (Wildman–Crippen LogP) is 9.92. The molecule has 1 aliphatic carbocycles. The number of hydrogen-bond donors (Lipinski definition) is 0. The van der Waals surface area contributed by atoms with Gasteiger partial charge in [-0.3, -0.25) is 4.98 Å². The molecule has 1 aliphatic rings. The Morgan fingerprint density at radius 2 is 1.30 bits per heavy atom. The molecule has 0 radical (unpaired) electrons. The van der Waals surface area contributed by atoms with Crippen LogP contribution in [0, 0.1) is 0 Å². The van der Waals surface area contributed by atoms with Gasteiger partial charge in [-0.05, 0) is 72.2 Å². The lowest BCUT2D eigenvalue weighted by molar-refractivity contribution is 0.571. The first kappa shape index (κ1) is 26.3. The maximum atomic E-state index is 5.04. The Labute approximate surface area is 257 Å². The summed E-state index contributed by atoms with van der Waals surface area (Å²) < 4.78 is 2.44. The second kappa shape index (κ2) is 11.1. The predicted molar refractivity (Wildman–Crippen MR) is 180 cm³/mol. The van der Waals surface area contributed by atoms with Gasteiger partial charge < -0.3 is 4.57 Å². The fraction of sp³-hybridized carbons (Fsp3) is 0.125. The highest BCUT2D eigenvalue weighted by molar-refractivity contribution is 5.87. The van der Waals surface area contributed by atoms with Gasteiger partial charge >= 0.3 is 0 Å². The molecule has 8 rings (SSSR count). The number of aryl methyl sites for hydroxylation is 1. The number of fused-ring (bicyclic) bond motifs is 3. The Bertz CT molecular complexity index is 2040. The minimum atomic E-state index is 0.523. The summed E-state index contributed by atoms with van der Waals surface area (Å²) in [6, 6.07) is 42.4. The van der Waals surface area contributed by atoms with Gasteiger partial charge in [0.2, 0.25) is 0 Å². The third-order valence-electron chi connectivity index (χ3n) is 8.89. The number of hydrogen-bond acceptors (Lipinski definition) is 3. The number of aromatic nitrogens is 4. The molecule has 0 saturated heterocycles. The van der Waals surface area contributed by atoms with Crippen LogP contribution in [0.15, 0.2) is 134 Å². The molecule has 44 heavy (non-hydrogen) atoms. The van der Waals surface area contributed by atoms with E-state index >= 15 is 0 Å². The van der Waals surface area contributed by atoms with Crippen LogP contribution in [0.1, 0.15) is 36.9 Å². The van der Waals surface area contributed by atoms with E-state index in [4.69, 9.17) is 9.97 Å². The van der Waals surface area contributed by atoms with Gasteiger partial charge in [-0.1, -0.05) is 97.9 Å². The van der Waals surface area contributed by atoms with E-state index in [1.165, 1.54) is 40.7 Å². The van der Waals surface area contributed by atoms with Crippen molar-refractivity contribution in [2.45, 2.75) is 32.1 Å². The molecule has 0 aliphatic heterocycles. The minimum Gasteiger partial charge on any atom is -0.312 e. The largest absolute Gasteiger partial charge is 0.312 e. The summed E-state index contributed by atoms with van der Waals surface area (Å²) >= 11 is 0. The fourth-order valence-electron chi connectivity index (χ4n) is 6.73. The average molecular weight is 569 g/mol. The maximum absolute atomic E-state index is 5.04. The highest BCUT2D eigenvalue weighted by atomic mass is 15.0. The Balaban J connectivity index is 1.19. The van der Waals surface area contributed by atoms with Crippen molar-refractivity contribution >= 4 is 10.9 Å². The number of pyridine rings is 1. The molecule has 0 bridgehead atoms. The fourth-order valence-corrected chi connectivity index (χ4v) is 6.73. The zero-order valence-corrected chi connectivity index (χ0v) is 24.7. The van der Waals surface area contributed by atoms with Gasteiger partial charge in [-0.25, -0.2) is 9.97 Å². The number of benzene rings is 4. The van der Waals surface area contributed by atoms with Crippen LogP contribution in [0.5, 0.6) is 0 Å². The van der Waals surface area contributed by atoms with E-state index in [2.05, 4.69) is 101 Å². The Morgan fingerprint density at radius 1 is 0.636 bits per heavy atom. The van der Waals surface area contributed by atoms with E-state index in [0.717, 1.165) is 51.5 Å². The third kappa shape index (κ3) is 4.69. The molecule has 1 atom stereocenters. The highest BCUT2D eigenvalue weighted by Gasteiger charge is 2.25. The molecule has 4 heteroatoms. The number of rotatable bonds is 5. The third-order valence-corrected chi connectivity index (χ3v) is 8.89. The van der Waals surface area contributed by atoms with Crippen molar-refractivity contribution in [1.29, 1.82) is 0 Å². The van der Waals surface area contributed by atoms with Gasteiger partial charge in [0, 0.05) is 39.7 Å². The van der Waals surface area contributed by atoms with Crippen LogP contribution in [0.2, 0.25) is 0 Å². The topological polar surface area (TPSA) is 43.6 Å². The molecule has 0 N–H and O–H groups in total. The summed E-state index contributed by atoms with van der Waals surface area (Å²) in [7, 11) is 0. The van der Waals surface area contributed by atoms with Crippen molar-refractivity contribution in [1.82, 2.24) is 19.5 Å². The first-order chi connectivity index (χ1) is 21.7. The highest BCUT2D eigenvalue weighted by Crippen LogP contribution is 2.40. The van der Waals surface area contributed by atoms with E-state index in [9.17, 15) is 0 Å². The molecule has 212 valence electrons. The first-order valence-corrected chi connectivity index (χ1v) is 15.4. The molecular weight excluding hydrogens is 536 g/mol. The van der Waals surface area contributed by atoms with Gasteiger partial charge in [0.05, 0.1) is 23.1 Å². The Kier molecular flexibility index (Phi) is 6.60. The molecule has 4 aromatic carbocycles. The zero-order chi connectivity index (χ0) is 29.5. The van der Waals surface area contributed by atoms with Gasteiger partial charge in [0.1, 0.15) is 0 Å². The lowest BCUT2D eigenvalue weighted by atomic mass is 9.88. The average Bonchev–Trinajstić information content (AvgIpc) is 3.45. The van der Waals surface area contributed by atoms with Crippen molar-refractivity contribution in [3.63, 3.8) is 0 Å². The zero-order valence-electron chi connectivity index (χ0n) is 24.7. The minimum absolute atomic E-state index is 0.523. The first-order valence-electron chi connectivity index (χ1n) is 15.4. The molecule has 3 heterocycles. The van der Waals surface area contributed by atoms with E-state index in [0.29, 0.717) is 5.92 Å². The lowest BCUT2D eigenvalue weighted by Gasteiger charge is -2.22. The maximum Gasteiger partial charge on any atom is 0.160 e. The normalized spacial score (nSPS) is 14.4. The van der Waals surface area contributed by atoms with Gasteiger partial charge in [-0.2, -0.15) is 0 Å². The standard InChI is InChI=1S/C40H32N4/c1-27-10-8-17-35-34-22-23-41-26-38(34)44(39(27)35)33-20-18-28(19-21-33)31-15-9-16-32(24-31)40-42-36(29-11-4-2-5-12-29)25-37(43-40)30-13-6-3-7-14-30/h2-7,9,11-16,18-27H,8,10,17H2,1H3. The molecule has 0 fully saturated rings. The quantitative estimate of drug-likeness (QED) is 0.208. The van der Waals surface area contributed by atoms with Crippen LogP contribution >= 0.6 is 0 Å². The Hall–Kier alpha value is -5.35. The number of nitrogens with zero attached hydrogens (tertiary/aromatic N) is 4. The second-order valence-electron chi connectivity index (χ2n) is 11.7. The second-order valence-corrected chi connectivity index (χ2v) is 11.7. The van der Waals surface area contributed by atoms with E-state index < -0.39 is 0 Å². The van der Waals surface area contributed by atoms with Crippen molar-refractivity contribution in [3.8, 4) is 50.7 Å². The summed E-state index contributed by atoms with van der Waals surface area (Å²) in [6.45, 7) is 2.36. The molecular formula is C40H32N4. The SMILES string of the molecule is CC1CCCc2c1n(-c1ccc(-c3cccc(-c4nc(-c5ccccc5)cc(-c5ccccc5)n4)c3)cc1)c1cnccc21. The van der Waals surface area contributed by atoms with Crippen molar-refractivity contribution in [2.75, 3.05) is 0 Å². The smallest absolute Gasteiger partial charge is 0.160 e. The molecule has 0 amide bonds. The lowest BCUT2D eigenvalue weighted by Crippen LogP contribution is -2.11. The Morgan fingerprint density at radius 3 is 2.00 bits per heavy atom. The summed E-state index contributed by atoms with van der Waals surface area (Å²) in [5.74, 6) is 1.24. The van der Waals surface area contributed by atoms with E-state index in [1.807, 2.05) is 48.8 Å². The summed E-state index contributed by atoms with van der Waals surface area (Å²) in [5.41, 5.74) is 12.6. The van der Waals surface area contributed by atoms with Gasteiger partial charge in [-0.15, -0.1) is 0 Å². The van der Waals surface area contributed by atoms with E-state index in [1.54, 1.807) is 0 Å². The molecule has 1 unspecified atom stereocenters. The molecule has 0 spiro atoms. The molecule has 4 nitrogen and oxygen atoms in total. The molecule has 7 aromatic rings. The van der Waals surface area contributed by atoms with Crippen LogP contribution in [0.4, 0.5) is 0 Å². The van der Waals surface area contributed by atoms with Crippen LogP contribution < -0.4 is 0 Å². The van der Waals surface area contributed by atoms with Crippen molar-refractivity contribution < 1.29 is 0 Å². The van der Waals surface area contributed by atoms with Gasteiger partial charge in [0.15, 0.2) is 5.82 Å². The summed E-state index contributed by atoms with van der Waals surface area (Å²) in [6.07, 6.45) is 7.55. The van der Waals surface area contributed by atoms with Crippen LogP contribution in [-0.2, 0) is 6.42 Å².